The van der Waals surface area contributed by atoms with Crippen molar-refractivity contribution in [3.05, 3.63) is 221 Å². The number of morpholine rings is 2. The maximum Gasteiger partial charge on any atom is 0.411 e. The molecule has 9 aromatic rings. The molecule has 5 aliphatic rings. The zero-order chi connectivity index (χ0) is 104. The number of methoxy groups -OCH3 is 3. The number of hydrogen-bond acceptors (Lipinski definition) is 26. The molecule has 0 saturated carbocycles. The zero-order valence-electron chi connectivity index (χ0n) is 77.8. The van der Waals surface area contributed by atoms with Crippen molar-refractivity contribution < 1.29 is 147 Å². The number of alkyl halides is 9. The van der Waals surface area contributed by atoms with Crippen molar-refractivity contribution in [2.75, 3.05) is 116 Å². The molecule has 764 valence electrons. The van der Waals surface area contributed by atoms with Crippen molar-refractivity contribution in [1.29, 1.82) is 0 Å². The second kappa shape index (κ2) is 43.1. The minimum absolute atomic E-state index is 0.0874. The van der Waals surface area contributed by atoms with Gasteiger partial charge in [0.05, 0.1) is 64.4 Å². The minimum atomic E-state index is -4.75. The molecule has 0 unspecified atom stereocenters. The highest BCUT2D eigenvalue weighted by atomic mass is 19.4. The molecule has 35 nitrogen and oxygen atoms in total. The quantitative estimate of drug-likeness (QED) is 0.0266. The molecular formula is C92H93F15N12O23. The molecule has 50 heteroatoms. The third-order valence-electron chi connectivity index (χ3n) is 24.2. The average Bonchev–Trinajstić information content (AvgIpc) is 0.756. The Hall–Kier alpha value is -14.8. The molecule has 14 rings (SSSR count). The Kier molecular flexibility index (Phi) is 32.2. The van der Waals surface area contributed by atoms with Crippen LogP contribution in [0.4, 0.5) is 82.9 Å². The normalized spacial score (nSPS) is 15.9. The molecule has 4 N–H and O–H groups in total. The number of amides is 3. The monoisotopic (exact) mass is 2020 g/mol. The van der Waals surface area contributed by atoms with E-state index >= 15 is 17.6 Å². The van der Waals surface area contributed by atoms with E-state index in [9.17, 15) is 106 Å². The molecule has 5 aliphatic heterocycles. The molecule has 8 heterocycles. The number of carbonyl (C=O) groups excluding carboxylic acids is 6. The van der Waals surface area contributed by atoms with E-state index < -0.39 is 212 Å². The fourth-order valence-corrected chi connectivity index (χ4v) is 16.5. The van der Waals surface area contributed by atoms with Crippen LogP contribution in [-0.2, 0) is 99.6 Å². The third-order valence-corrected chi connectivity index (χ3v) is 24.2. The van der Waals surface area contributed by atoms with E-state index in [4.69, 9.17) is 52.1 Å². The van der Waals surface area contributed by atoms with Gasteiger partial charge in [-0.05, 0) is 81.8 Å². The van der Waals surface area contributed by atoms with Crippen LogP contribution in [0.5, 0.6) is 34.5 Å². The van der Waals surface area contributed by atoms with Crippen LogP contribution in [0, 0.1) is 55.7 Å². The number of nitrogens with one attached hydrogen (secondary N) is 4. The van der Waals surface area contributed by atoms with Gasteiger partial charge >= 0.3 is 53.5 Å². The molecule has 2 fully saturated rings. The van der Waals surface area contributed by atoms with Gasteiger partial charge in [0.2, 0.25) is 0 Å². The van der Waals surface area contributed by atoms with Gasteiger partial charge in [-0.15, -0.1) is 0 Å². The van der Waals surface area contributed by atoms with Crippen molar-refractivity contribution in [1.82, 2.24) is 43.4 Å². The second-order valence-corrected chi connectivity index (χ2v) is 32.8. The summed E-state index contributed by atoms with van der Waals surface area (Å²) in [5, 5.41) is 8.71. The Bertz CT molecular complexity index is 6510. The Balaban J connectivity index is 0.000000190. The summed E-state index contributed by atoms with van der Waals surface area (Å²) in [6.45, 7) is 4.28. The summed E-state index contributed by atoms with van der Waals surface area (Å²) in [6, 6.07) is 1.65. The van der Waals surface area contributed by atoms with E-state index in [1.807, 2.05) is 5.32 Å². The van der Waals surface area contributed by atoms with Gasteiger partial charge in [0.1, 0.15) is 127 Å². The van der Waals surface area contributed by atoms with Crippen LogP contribution in [-0.4, -0.2) is 218 Å². The number of anilines is 3. The number of esters is 3. The lowest BCUT2D eigenvalue weighted by Crippen LogP contribution is -2.53. The van der Waals surface area contributed by atoms with Crippen molar-refractivity contribution in [2.45, 2.75) is 108 Å². The number of rotatable bonds is 23. The largest absolute Gasteiger partial charge is 0.486 e. The number of carbonyl (C=O) groups is 6. The molecule has 3 amide bonds. The first kappa shape index (κ1) is 106. The van der Waals surface area contributed by atoms with Crippen LogP contribution in [0.15, 0.2) is 102 Å². The number of hydrogen-bond donors (Lipinski definition) is 4. The van der Waals surface area contributed by atoms with E-state index in [1.165, 1.54) is 99.3 Å². The molecule has 0 radical (unpaired) electrons. The van der Waals surface area contributed by atoms with Gasteiger partial charge < -0.3 is 96.9 Å². The third kappa shape index (κ3) is 21.9. The van der Waals surface area contributed by atoms with E-state index in [1.54, 1.807) is 20.8 Å². The predicted molar refractivity (Wildman–Crippen MR) is 474 cm³/mol. The fourth-order valence-electron chi connectivity index (χ4n) is 16.5. The molecule has 142 heavy (non-hydrogen) atoms. The predicted octanol–water partition coefficient (Wildman–Crippen LogP) is 8.16. The van der Waals surface area contributed by atoms with E-state index in [-0.39, 0.29) is 136 Å². The first-order chi connectivity index (χ1) is 66.9. The number of halogens is 15. The van der Waals surface area contributed by atoms with Crippen LogP contribution in [0.3, 0.4) is 0 Å². The molecule has 0 spiro atoms. The van der Waals surface area contributed by atoms with E-state index in [2.05, 4.69) is 16.0 Å². The lowest BCUT2D eigenvalue weighted by atomic mass is 9.97. The van der Waals surface area contributed by atoms with Crippen molar-refractivity contribution in [3.8, 4) is 67.9 Å². The van der Waals surface area contributed by atoms with Crippen LogP contribution in [0.25, 0.3) is 33.4 Å². The van der Waals surface area contributed by atoms with Gasteiger partial charge in [0.25, 0.3) is 34.4 Å². The summed E-state index contributed by atoms with van der Waals surface area (Å²) < 4.78 is 278. The summed E-state index contributed by atoms with van der Waals surface area (Å²) >= 11 is 0. The summed E-state index contributed by atoms with van der Waals surface area (Å²) in [5.74, 6) is -15.0. The highest BCUT2D eigenvalue weighted by Gasteiger charge is 2.49. The Morgan fingerprint density at radius 3 is 0.894 bits per heavy atom. The highest BCUT2D eigenvalue weighted by Crippen LogP contribution is 2.47. The molecule has 6 aromatic carbocycles. The molecular weight excluding hydrogens is 1930 g/mol. The second-order valence-electron chi connectivity index (χ2n) is 32.8. The number of fused-ring (bicyclic) bond motifs is 3. The lowest BCUT2D eigenvalue weighted by Gasteiger charge is -2.38. The van der Waals surface area contributed by atoms with Crippen LogP contribution in [0.2, 0.25) is 0 Å². The maximum atomic E-state index is 15.2. The highest BCUT2D eigenvalue weighted by molar-refractivity contribution is 6.00. The number of benzene rings is 6. The summed E-state index contributed by atoms with van der Waals surface area (Å²) in [4.78, 5) is 156. The fraction of sp³-hybridized carbons (Fsp3) is 0.413. The average molecular weight is 2020 g/mol. The van der Waals surface area contributed by atoms with Gasteiger partial charge in [0, 0.05) is 142 Å². The summed E-state index contributed by atoms with van der Waals surface area (Å²) in [7, 11) is 11.6. The molecule has 6 atom stereocenters. The van der Waals surface area contributed by atoms with Gasteiger partial charge in [0.15, 0.2) is 34.5 Å². The maximum absolute atomic E-state index is 15.2. The van der Waals surface area contributed by atoms with Crippen LogP contribution >= 0.6 is 0 Å². The zero-order valence-corrected chi connectivity index (χ0v) is 77.8. The Labute approximate surface area is 794 Å². The molecule has 2 saturated heterocycles. The first-order valence-electron chi connectivity index (χ1n) is 43.2. The van der Waals surface area contributed by atoms with Gasteiger partial charge in [-0.2, -0.15) is 39.5 Å². The van der Waals surface area contributed by atoms with Gasteiger partial charge in [-0.3, -0.25) is 42.5 Å². The van der Waals surface area contributed by atoms with E-state index in [0.29, 0.717) is 86.9 Å². The van der Waals surface area contributed by atoms with Crippen molar-refractivity contribution in [2.24, 2.45) is 42.3 Å². The topological polar surface area (TPSA) is 391 Å². The van der Waals surface area contributed by atoms with Crippen LogP contribution in [0.1, 0.15) is 78.2 Å². The number of aromatic nitrogens is 6. The van der Waals surface area contributed by atoms with Gasteiger partial charge in [-0.1, -0.05) is 25.1 Å². The standard InChI is InChI=1S/2C31H31F5N4O8.C30H31F5N4O7/c2*1-15-23(28(42)39(3)30(44)38(15)2)18-6-5-16(25-26(18)48-10-9-47-25)11-21(29(43)45-4)37-27(41)24-19(32)12-17(13-20(24)33)40-7-8-46-14-22(40)31(34,35)36;1-6-21(30(33,34)35)36-16-12-18(31)23(19(32)13-16)26(40)37-20(28(42)44-5)11-15-7-8-17(25-24(15)45-9-10-46-25)22-14(2)38(3)29(43)39(4)27(22)41/h2*5-6,12-13,21-22H,7-11,14H2,1-4H3,(H,37,41);7-8,12-13,20-21,36H,6,9-11H2,1-5H3,(H,37,40)/t2*21-,22+;20-,21+/m000/s1. The molecule has 0 aliphatic carbocycles. The smallest absolute Gasteiger partial charge is 0.411 e. The van der Waals surface area contributed by atoms with Crippen molar-refractivity contribution in [3.63, 3.8) is 0 Å². The lowest BCUT2D eigenvalue weighted by molar-refractivity contribution is -0.167. The summed E-state index contributed by atoms with van der Waals surface area (Å²) in [6.07, 6.45) is -15.6. The number of nitrogens with zero attached hydrogens (tertiary/aromatic N) is 8. The molecule has 0 bridgehead atoms. The van der Waals surface area contributed by atoms with Crippen LogP contribution < -0.4 is 93.2 Å². The minimum Gasteiger partial charge on any atom is -0.486 e. The Morgan fingerprint density at radius 1 is 0.387 bits per heavy atom. The van der Waals surface area contributed by atoms with Crippen molar-refractivity contribution >= 4 is 52.7 Å². The first-order valence-corrected chi connectivity index (χ1v) is 43.2. The SMILES string of the molecule is CC[C@@H](Nc1cc(F)c(C(=O)N[C@@H](Cc2ccc(-c3c(C)n(C)c(=O)n(C)c3=O)c3c2OCCO3)C(=O)OC)c(F)c1)C(F)(F)F.COC(=O)[C@H](Cc1ccc(-c2c(C)n(C)c(=O)n(C)c2=O)c2c1OCCO2)NC(=O)c1c(F)cc(N2CCOC[C@@H]2C(F)(F)F)cc1F.COC(=O)[C@H](Cc1ccc(-c2c(C)n(C)c(=O)n(C)c2=O)c2c1OCCO2)NC(=O)c1c(F)cc(N2CCOC[C@@H]2C(F)(F)F)cc1F. The Morgan fingerprint density at radius 2 is 0.648 bits per heavy atom. The number of ether oxygens (including phenoxy) is 11. The van der Waals surface area contributed by atoms with Gasteiger partial charge in [-0.25, -0.2) is 55.1 Å². The molecule has 3 aromatic heterocycles. The summed E-state index contributed by atoms with van der Waals surface area (Å²) in [5.41, 5.74) is -4.79. The van der Waals surface area contributed by atoms with E-state index in [0.717, 1.165) is 44.8 Å².